The number of nitrogens with two attached hydrogens (primary N) is 1. The number of aromatic nitrogens is 1. The Hall–Kier alpha value is -1.81. The standard InChI is InChI=1S/C11H12N2O2/c1-13-6-10(14)11(15)8-3-2-7(5-12)4-9(8)13/h2-4,6,14H,5,12H2,1H3. The van der Waals surface area contributed by atoms with Gasteiger partial charge < -0.3 is 15.4 Å². The molecule has 2 rings (SSSR count). The molecule has 0 aliphatic rings. The van der Waals surface area contributed by atoms with E-state index in [-0.39, 0.29) is 11.2 Å². The Morgan fingerprint density at radius 1 is 1.47 bits per heavy atom. The average Bonchev–Trinajstić information content (AvgIpc) is 2.25. The Kier molecular flexibility index (Phi) is 2.21. The van der Waals surface area contributed by atoms with E-state index in [1.54, 1.807) is 23.7 Å². The van der Waals surface area contributed by atoms with E-state index in [9.17, 15) is 9.90 Å². The summed E-state index contributed by atoms with van der Waals surface area (Å²) in [5, 5.41) is 9.88. The second-order valence-electron chi connectivity index (χ2n) is 3.51. The summed E-state index contributed by atoms with van der Waals surface area (Å²) in [7, 11) is 1.78. The van der Waals surface area contributed by atoms with E-state index in [4.69, 9.17) is 5.73 Å². The zero-order chi connectivity index (χ0) is 11.0. The van der Waals surface area contributed by atoms with E-state index in [0.29, 0.717) is 11.9 Å². The minimum Gasteiger partial charge on any atom is -0.503 e. The summed E-state index contributed by atoms with van der Waals surface area (Å²) in [5.41, 5.74) is 6.92. The first-order valence-electron chi connectivity index (χ1n) is 4.65. The fraction of sp³-hybridized carbons (Fsp3) is 0.182. The van der Waals surface area contributed by atoms with Crippen molar-refractivity contribution in [1.29, 1.82) is 0 Å². The third-order valence-electron chi connectivity index (χ3n) is 2.47. The predicted octanol–water partition coefficient (Wildman–Crippen LogP) is 0.703. The van der Waals surface area contributed by atoms with Crippen LogP contribution in [-0.2, 0) is 13.6 Å². The van der Waals surface area contributed by atoms with Crippen LogP contribution in [0.5, 0.6) is 5.75 Å². The van der Waals surface area contributed by atoms with Crippen LogP contribution >= 0.6 is 0 Å². The van der Waals surface area contributed by atoms with E-state index < -0.39 is 0 Å². The number of fused-ring (bicyclic) bond motifs is 1. The number of hydrogen-bond donors (Lipinski definition) is 2. The first kappa shape index (κ1) is 9.73. The summed E-state index contributed by atoms with van der Waals surface area (Å²) >= 11 is 0. The van der Waals surface area contributed by atoms with Crippen molar-refractivity contribution in [3.63, 3.8) is 0 Å². The van der Waals surface area contributed by atoms with Gasteiger partial charge in [-0.25, -0.2) is 0 Å². The SMILES string of the molecule is Cn1cc(O)c(=O)c2ccc(CN)cc21. The lowest BCUT2D eigenvalue weighted by atomic mass is 10.1. The molecular formula is C11H12N2O2. The molecule has 0 atom stereocenters. The predicted molar refractivity (Wildman–Crippen MR) is 58.7 cm³/mol. The molecule has 4 nitrogen and oxygen atoms in total. The van der Waals surface area contributed by atoms with E-state index in [2.05, 4.69) is 0 Å². The summed E-state index contributed by atoms with van der Waals surface area (Å²) in [6, 6.07) is 5.35. The molecule has 1 aromatic carbocycles. The average molecular weight is 204 g/mol. The Morgan fingerprint density at radius 2 is 2.20 bits per heavy atom. The maximum Gasteiger partial charge on any atom is 0.230 e. The van der Waals surface area contributed by atoms with Gasteiger partial charge in [-0.05, 0) is 17.7 Å². The van der Waals surface area contributed by atoms with Crippen molar-refractivity contribution in [2.24, 2.45) is 12.8 Å². The van der Waals surface area contributed by atoms with Gasteiger partial charge in [0.15, 0.2) is 5.75 Å². The molecule has 0 spiro atoms. The number of aryl methyl sites for hydroxylation is 1. The molecule has 4 heteroatoms. The highest BCUT2D eigenvalue weighted by molar-refractivity contribution is 5.80. The highest BCUT2D eigenvalue weighted by Gasteiger charge is 2.06. The first-order valence-corrected chi connectivity index (χ1v) is 4.65. The molecule has 0 unspecified atom stereocenters. The van der Waals surface area contributed by atoms with Crippen LogP contribution in [0.4, 0.5) is 0 Å². The molecule has 0 radical (unpaired) electrons. The molecule has 0 bridgehead atoms. The van der Waals surface area contributed by atoms with Gasteiger partial charge in [-0.3, -0.25) is 4.79 Å². The summed E-state index contributed by atoms with van der Waals surface area (Å²) in [6.07, 6.45) is 1.41. The molecule has 0 aliphatic heterocycles. The van der Waals surface area contributed by atoms with Gasteiger partial charge in [0, 0.05) is 19.0 Å². The van der Waals surface area contributed by atoms with Gasteiger partial charge in [0.1, 0.15) is 0 Å². The molecule has 1 heterocycles. The molecule has 0 saturated heterocycles. The normalized spacial score (nSPS) is 10.8. The Morgan fingerprint density at radius 3 is 2.87 bits per heavy atom. The van der Waals surface area contributed by atoms with Crippen molar-refractivity contribution in [3.05, 3.63) is 40.2 Å². The van der Waals surface area contributed by atoms with Crippen molar-refractivity contribution in [3.8, 4) is 5.75 Å². The molecule has 0 aliphatic carbocycles. The second kappa shape index (κ2) is 3.40. The fourth-order valence-corrected chi connectivity index (χ4v) is 1.64. The maximum absolute atomic E-state index is 11.6. The second-order valence-corrected chi connectivity index (χ2v) is 3.51. The molecule has 0 amide bonds. The van der Waals surface area contributed by atoms with E-state index in [0.717, 1.165) is 11.1 Å². The van der Waals surface area contributed by atoms with Gasteiger partial charge in [0.25, 0.3) is 0 Å². The third kappa shape index (κ3) is 1.49. The number of aromatic hydroxyl groups is 1. The van der Waals surface area contributed by atoms with Crippen molar-refractivity contribution >= 4 is 10.9 Å². The zero-order valence-electron chi connectivity index (χ0n) is 8.40. The highest BCUT2D eigenvalue weighted by atomic mass is 16.3. The van der Waals surface area contributed by atoms with Crippen molar-refractivity contribution < 1.29 is 5.11 Å². The lowest BCUT2D eigenvalue weighted by Crippen LogP contribution is -2.07. The zero-order valence-corrected chi connectivity index (χ0v) is 8.40. The highest BCUT2D eigenvalue weighted by Crippen LogP contribution is 2.15. The van der Waals surface area contributed by atoms with Crippen LogP contribution in [0, 0.1) is 0 Å². The van der Waals surface area contributed by atoms with Gasteiger partial charge in [0.05, 0.1) is 11.7 Å². The van der Waals surface area contributed by atoms with E-state index in [1.807, 2.05) is 6.07 Å². The minimum absolute atomic E-state index is 0.231. The Balaban J connectivity index is 2.90. The van der Waals surface area contributed by atoms with Crippen LogP contribution in [0.15, 0.2) is 29.2 Å². The van der Waals surface area contributed by atoms with Crippen LogP contribution in [-0.4, -0.2) is 9.67 Å². The summed E-state index contributed by atoms with van der Waals surface area (Å²) in [6.45, 7) is 0.436. The maximum atomic E-state index is 11.6. The molecular weight excluding hydrogens is 192 g/mol. The third-order valence-corrected chi connectivity index (χ3v) is 2.47. The number of benzene rings is 1. The summed E-state index contributed by atoms with van der Waals surface area (Å²) < 4.78 is 1.71. The number of hydrogen-bond acceptors (Lipinski definition) is 3. The Labute approximate surface area is 86.6 Å². The van der Waals surface area contributed by atoms with Crippen molar-refractivity contribution in [1.82, 2.24) is 4.57 Å². The number of pyridine rings is 1. The smallest absolute Gasteiger partial charge is 0.230 e. The van der Waals surface area contributed by atoms with Crippen molar-refractivity contribution in [2.75, 3.05) is 0 Å². The molecule has 78 valence electrons. The van der Waals surface area contributed by atoms with Crippen molar-refractivity contribution in [2.45, 2.75) is 6.54 Å². The van der Waals surface area contributed by atoms with Gasteiger partial charge in [0.2, 0.25) is 5.43 Å². The summed E-state index contributed by atoms with van der Waals surface area (Å²) in [4.78, 5) is 11.6. The Bertz CT molecular complexity index is 573. The topological polar surface area (TPSA) is 68.2 Å². The number of rotatable bonds is 1. The van der Waals surface area contributed by atoms with Crippen LogP contribution in [0.1, 0.15) is 5.56 Å². The first-order chi connectivity index (χ1) is 7.13. The van der Waals surface area contributed by atoms with E-state index >= 15 is 0 Å². The van der Waals surface area contributed by atoms with Gasteiger partial charge in [-0.1, -0.05) is 6.07 Å². The largest absolute Gasteiger partial charge is 0.503 e. The summed E-state index contributed by atoms with van der Waals surface area (Å²) in [5.74, 6) is -0.231. The quantitative estimate of drug-likeness (QED) is 0.718. The minimum atomic E-state index is -0.341. The molecule has 2 aromatic rings. The van der Waals surface area contributed by atoms with Gasteiger partial charge in [-0.2, -0.15) is 0 Å². The molecule has 1 aromatic heterocycles. The van der Waals surface area contributed by atoms with Crippen LogP contribution in [0.2, 0.25) is 0 Å². The fourth-order valence-electron chi connectivity index (χ4n) is 1.64. The molecule has 0 fully saturated rings. The lowest BCUT2D eigenvalue weighted by molar-refractivity contribution is 0.466. The molecule has 0 saturated carbocycles. The van der Waals surface area contributed by atoms with Crippen LogP contribution in [0.3, 0.4) is 0 Å². The monoisotopic (exact) mass is 204 g/mol. The van der Waals surface area contributed by atoms with Gasteiger partial charge >= 0.3 is 0 Å². The van der Waals surface area contributed by atoms with Gasteiger partial charge in [-0.15, -0.1) is 0 Å². The molecule has 3 N–H and O–H groups in total. The lowest BCUT2D eigenvalue weighted by Gasteiger charge is -2.07. The van der Waals surface area contributed by atoms with E-state index in [1.165, 1.54) is 6.20 Å². The van der Waals surface area contributed by atoms with Crippen LogP contribution in [0.25, 0.3) is 10.9 Å². The number of nitrogens with zero attached hydrogens (tertiary/aromatic N) is 1. The molecule has 15 heavy (non-hydrogen) atoms. The van der Waals surface area contributed by atoms with Crippen LogP contribution < -0.4 is 11.2 Å².